The summed E-state index contributed by atoms with van der Waals surface area (Å²) >= 11 is 0. The van der Waals surface area contributed by atoms with Crippen LogP contribution in [0.4, 0.5) is 0 Å². The summed E-state index contributed by atoms with van der Waals surface area (Å²) < 4.78 is 0. The van der Waals surface area contributed by atoms with Gasteiger partial charge in [-0.15, -0.1) is 0 Å². The Morgan fingerprint density at radius 1 is 1.24 bits per heavy atom. The molecule has 7 N–H and O–H groups in total. The fraction of sp³-hybridized carbons (Fsp3) is 0.538. The van der Waals surface area contributed by atoms with Crippen molar-refractivity contribution in [3.8, 4) is 5.75 Å². The maximum absolute atomic E-state index is 13.8. The van der Waals surface area contributed by atoms with Gasteiger partial charge in [0, 0.05) is 30.8 Å². The molecule has 1 aromatic heterocycles. The van der Waals surface area contributed by atoms with Gasteiger partial charge in [-0.05, 0) is 43.8 Å². The van der Waals surface area contributed by atoms with E-state index in [9.17, 15) is 34.8 Å². The van der Waals surface area contributed by atoms with Crippen molar-refractivity contribution in [3.05, 3.63) is 39.9 Å². The molecule has 0 aromatic carbocycles. The van der Waals surface area contributed by atoms with E-state index >= 15 is 0 Å². The molecule has 1 heterocycles. The molecule has 1 aromatic rings. The topological polar surface area (TPSA) is 186 Å². The highest BCUT2D eigenvalue weighted by molar-refractivity contribution is 6.24. The van der Waals surface area contributed by atoms with Gasteiger partial charge in [-0.25, -0.2) is 0 Å². The third-order valence-corrected chi connectivity index (χ3v) is 7.48. The highest BCUT2D eigenvalue weighted by Gasteiger charge is 2.64. The van der Waals surface area contributed by atoms with Gasteiger partial charge in [-0.3, -0.25) is 24.3 Å². The molecule has 4 atom stereocenters. The van der Waals surface area contributed by atoms with Gasteiger partial charge < -0.3 is 31.5 Å². The molecule has 0 unspecified atom stereocenters. The maximum atomic E-state index is 13.8. The van der Waals surface area contributed by atoms with E-state index in [1.54, 1.807) is 20.3 Å². The van der Waals surface area contributed by atoms with Crippen molar-refractivity contribution in [2.45, 2.75) is 51.8 Å². The van der Waals surface area contributed by atoms with Gasteiger partial charge >= 0.3 is 0 Å². The number of nitrogens with one attached hydrogen (secondary N) is 1. The molecule has 200 valence electrons. The van der Waals surface area contributed by atoms with E-state index in [0.29, 0.717) is 12.1 Å². The predicted molar refractivity (Wildman–Crippen MR) is 133 cm³/mol. The molecule has 1 saturated carbocycles. The summed E-state index contributed by atoms with van der Waals surface area (Å²) in [6.45, 7) is 7.02. The summed E-state index contributed by atoms with van der Waals surface area (Å²) in [5.41, 5.74) is 2.51. The van der Waals surface area contributed by atoms with Crippen LogP contribution in [0.3, 0.4) is 0 Å². The Bertz CT molecular complexity index is 1260. The standard InChI is InChI=1S/C26H34N4O7/c1-25(2,3)10-28-9-14-19(31)15-12(8-29-14)6-11-7-13-18(30(4)5)21(33)17(24(27)36)23(35)26(13,37)22(34)16(11)20(15)32/h8,11,13,18,28,31-32,35,37H,6-7,9-10H2,1-5H3,(H2,27,36)/t11-,13-,18-,26-/m0/s1. The number of aliphatic hydroxyl groups excluding tert-OH is 2. The number of pyridine rings is 1. The summed E-state index contributed by atoms with van der Waals surface area (Å²) in [6, 6.07) is -1.11. The molecular formula is C26H34N4O7. The molecule has 37 heavy (non-hydrogen) atoms. The quantitative estimate of drug-likeness (QED) is 0.302. The number of aliphatic hydroxyl groups is 3. The maximum Gasteiger partial charge on any atom is 0.255 e. The third-order valence-electron chi connectivity index (χ3n) is 7.48. The zero-order chi connectivity index (χ0) is 27.6. The van der Waals surface area contributed by atoms with Gasteiger partial charge in [0.05, 0.1) is 17.3 Å². The first-order valence-corrected chi connectivity index (χ1v) is 12.2. The molecule has 4 rings (SSSR count). The second kappa shape index (κ2) is 8.93. The second-order valence-electron chi connectivity index (χ2n) is 11.6. The van der Waals surface area contributed by atoms with E-state index in [0.717, 1.165) is 0 Å². The van der Waals surface area contributed by atoms with E-state index in [2.05, 4.69) is 31.1 Å². The number of nitrogens with zero attached hydrogens (tertiary/aromatic N) is 2. The van der Waals surface area contributed by atoms with E-state index < -0.39 is 58.0 Å². The smallest absolute Gasteiger partial charge is 0.255 e. The minimum absolute atomic E-state index is 0.00720. The van der Waals surface area contributed by atoms with Crippen LogP contribution >= 0.6 is 0 Å². The molecule has 0 aliphatic heterocycles. The van der Waals surface area contributed by atoms with Gasteiger partial charge in [-0.2, -0.15) is 0 Å². The van der Waals surface area contributed by atoms with Crippen LogP contribution < -0.4 is 11.1 Å². The van der Waals surface area contributed by atoms with Crippen molar-refractivity contribution in [1.82, 2.24) is 15.2 Å². The minimum atomic E-state index is -2.65. The lowest BCUT2D eigenvalue weighted by molar-refractivity contribution is -0.153. The molecule has 3 aliphatic carbocycles. The lowest BCUT2D eigenvalue weighted by atomic mass is 9.57. The highest BCUT2D eigenvalue weighted by atomic mass is 16.3. The van der Waals surface area contributed by atoms with Crippen LogP contribution in [-0.4, -0.2) is 80.1 Å². The Morgan fingerprint density at radius 2 is 1.89 bits per heavy atom. The first-order valence-electron chi connectivity index (χ1n) is 12.2. The molecule has 1 fully saturated rings. The first kappa shape index (κ1) is 26.8. The number of Topliss-reactive ketones (excluding diaryl/α,β-unsaturated/α-hetero) is 2. The highest BCUT2D eigenvalue weighted by Crippen LogP contribution is 2.52. The molecular weight excluding hydrogens is 480 g/mol. The predicted octanol–water partition coefficient (Wildman–Crippen LogP) is 0.495. The lowest BCUT2D eigenvalue weighted by Gasteiger charge is -2.50. The number of aromatic nitrogens is 1. The average Bonchev–Trinajstić information content (AvgIpc) is 2.76. The fourth-order valence-corrected chi connectivity index (χ4v) is 5.83. The number of carbonyl (C=O) groups is 3. The third kappa shape index (κ3) is 4.11. The van der Waals surface area contributed by atoms with E-state index in [4.69, 9.17) is 5.73 Å². The van der Waals surface area contributed by atoms with Crippen LogP contribution in [0.5, 0.6) is 5.75 Å². The Hall–Kier alpha value is -3.28. The molecule has 0 spiro atoms. The number of ketones is 2. The fourth-order valence-electron chi connectivity index (χ4n) is 5.83. The molecule has 11 heteroatoms. The number of hydrogen-bond acceptors (Lipinski definition) is 10. The molecule has 0 radical (unpaired) electrons. The molecule has 0 saturated heterocycles. The second-order valence-corrected chi connectivity index (χ2v) is 11.6. The number of likely N-dealkylation sites (N-methyl/N-ethyl adjacent to an activating group) is 1. The summed E-state index contributed by atoms with van der Waals surface area (Å²) in [7, 11) is 3.12. The van der Waals surface area contributed by atoms with Crippen LogP contribution in [0.2, 0.25) is 0 Å². The van der Waals surface area contributed by atoms with Crippen molar-refractivity contribution in [1.29, 1.82) is 0 Å². The number of fused-ring (bicyclic) bond motifs is 3. The van der Waals surface area contributed by atoms with Crippen molar-refractivity contribution < 1.29 is 34.8 Å². The van der Waals surface area contributed by atoms with Crippen LogP contribution in [0.1, 0.15) is 44.0 Å². The van der Waals surface area contributed by atoms with Gasteiger partial charge in [0.25, 0.3) is 5.91 Å². The van der Waals surface area contributed by atoms with Crippen molar-refractivity contribution in [3.63, 3.8) is 0 Å². The van der Waals surface area contributed by atoms with Crippen molar-refractivity contribution in [2.24, 2.45) is 23.0 Å². The lowest BCUT2D eigenvalue weighted by Crippen LogP contribution is -2.65. The number of amides is 1. The average molecular weight is 515 g/mol. The number of nitrogens with two attached hydrogens (primary N) is 1. The van der Waals surface area contributed by atoms with Gasteiger partial charge in [0.15, 0.2) is 11.4 Å². The summed E-state index contributed by atoms with van der Waals surface area (Å²) in [5, 5.41) is 47.9. The van der Waals surface area contributed by atoms with Crippen LogP contribution in [0.15, 0.2) is 23.1 Å². The summed E-state index contributed by atoms with van der Waals surface area (Å²) in [5.74, 6) is -6.70. The molecule has 1 amide bonds. The number of hydrogen-bond donors (Lipinski definition) is 6. The van der Waals surface area contributed by atoms with Crippen LogP contribution in [0.25, 0.3) is 5.76 Å². The molecule has 11 nitrogen and oxygen atoms in total. The number of primary amides is 1. The van der Waals surface area contributed by atoms with Crippen molar-refractivity contribution in [2.75, 3.05) is 20.6 Å². The zero-order valence-electron chi connectivity index (χ0n) is 21.6. The van der Waals surface area contributed by atoms with Crippen LogP contribution in [0, 0.1) is 17.3 Å². The number of aromatic hydroxyl groups is 1. The van der Waals surface area contributed by atoms with Gasteiger partial charge in [-0.1, -0.05) is 20.8 Å². The number of rotatable bonds is 5. The normalized spacial score (nSPS) is 27.8. The Balaban J connectivity index is 1.83. The Labute approximate surface area is 214 Å². The van der Waals surface area contributed by atoms with E-state index in [1.165, 1.54) is 4.90 Å². The van der Waals surface area contributed by atoms with Crippen LogP contribution in [-0.2, 0) is 27.3 Å². The zero-order valence-corrected chi connectivity index (χ0v) is 21.6. The monoisotopic (exact) mass is 514 g/mol. The molecule has 3 aliphatic rings. The van der Waals surface area contributed by atoms with E-state index in [-0.39, 0.29) is 47.4 Å². The SMILES string of the molecule is CN(C)[C@@H]1C(=O)C(C(N)=O)=C(O)[C@@]2(O)C(=O)C3=C(O)c4c(cnc(CNCC(C)(C)C)c4O)C[C@H]3C[C@@H]12. The van der Waals surface area contributed by atoms with Gasteiger partial charge in [0.1, 0.15) is 22.8 Å². The first-order chi connectivity index (χ1) is 17.1. The summed E-state index contributed by atoms with van der Waals surface area (Å²) in [4.78, 5) is 44.8. The van der Waals surface area contributed by atoms with Gasteiger partial charge in [0.2, 0.25) is 5.78 Å². The Kier molecular flexibility index (Phi) is 6.46. The van der Waals surface area contributed by atoms with Crippen molar-refractivity contribution >= 4 is 23.2 Å². The summed E-state index contributed by atoms with van der Waals surface area (Å²) in [6.07, 6.45) is 1.80. The minimum Gasteiger partial charge on any atom is -0.508 e. The largest absolute Gasteiger partial charge is 0.508 e. The number of carbonyl (C=O) groups excluding carboxylic acids is 3. The van der Waals surface area contributed by atoms with E-state index in [1.807, 2.05) is 0 Å². The molecule has 0 bridgehead atoms. The Morgan fingerprint density at radius 3 is 2.46 bits per heavy atom.